The average Bonchev–Trinajstić information content (AvgIpc) is 2.77. The number of ether oxygens (including phenoxy) is 1. The molecule has 6 heteroatoms. The van der Waals surface area contributed by atoms with E-state index in [-0.39, 0.29) is 0 Å². The normalized spacial score (nSPS) is 11.2. The van der Waals surface area contributed by atoms with Crippen LogP contribution in [0.15, 0.2) is 84.0 Å². The second kappa shape index (κ2) is 10.1. The van der Waals surface area contributed by atoms with Crippen LogP contribution in [0.5, 0.6) is 5.75 Å². The van der Waals surface area contributed by atoms with Crippen LogP contribution in [0.4, 0.5) is 0 Å². The lowest BCUT2D eigenvalue weighted by Crippen LogP contribution is -2.07. The van der Waals surface area contributed by atoms with Gasteiger partial charge in [0, 0.05) is 26.2 Å². The van der Waals surface area contributed by atoms with Gasteiger partial charge in [-0.1, -0.05) is 83.3 Å². The number of halogens is 3. The van der Waals surface area contributed by atoms with Crippen molar-refractivity contribution in [2.24, 2.45) is 5.10 Å². The summed E-state index contributed by atoms with van der Waals surface area (Å²) in [6.07, 6.45) is 1.68. The van der Waals surface area contributed by atoms with E-state index in [1.54, 1.807) is 24.4 Å². The number of nitrogens with one attached hydrogen (secondary N) is 1. The zero-order chi connectivity index (χ0) is 21.6. The molecule has 0 saturated carbocycles. The molecule has 0 aliphatic rings. The van der Waals surface area contributed by atoms with Gasteiger partial charge in [0.2, 0.25) is 0 Å². The molecule has 4 aromatic rings. The molecule has 0 heterocycles. The highest BCUT2D eigenvalue weighted by molar-refractivity contribution is 6.36. The Morgan fingerprint density at radius 2 is 1.58 bits per heavy atom. The van der Waals surface area contributed by atoms with Gasteiger partial charge in [-0.15, -0.1) is 0 Å². The lowest BCUT2D eigenvalue weighted by atomic mass is 10.1. The average molecular weight is 470 g/mol. The van der Waals surface area contributed by atoms with Crippen LogP contribution in [0.2, 0.25) is 15.1 Å². The number of hydrogen-bond donors (Lipinski definition) is 1. The number of hydrogen-bond acceptors (Lipinski definition) is 3. The van der Waals surface area contributed by atoms with Crippen molar-refractivity contribution in [3.63, 3.8) is 0 Å². The fourth-order valence-electron chi connectivity index (χ4n) is 3.27. The van der Waals surface area contributed by atoms with E-state index in [2.05, 4.69) is 34.8 Å². The highest BCUT2D eigenvalue weighted by Gasteiger charge is 2.07. The summed E-state index contributed by atoms with van der Waals surface area (Å²) in [5, 5.41) is 8.45. The maximum Gasteiger partial charge on any atom is 0.128 e. The van der Waals surface area contributed by atoms with Crippen LogP contribution in [0.1, 0.15) is 16.7 Å². The summed E-state index contributed by atoms with van der Waals surface area (Å²) >= 11 is 18.6. The second-order valence-electron chi connectivity index (χ2n) is 6.90. The van der Waals surface area contributed by atoms with Crippen LogP contribution in [0.25, 0.3) is 10.8 Å². The van der Waals surface area contributed by atoms with Gasteiger partial charge in [0.25, 0.3) is 0 Å². The fraction of sp³-hybridized carbons (Fsp3) is 0.0800. The van der Waals surface area contributed by atoms with Crippen molar-refractivity contribution in [1.29, 1.82) is 0 Å². The van der Waals surface area contributed by atoms with Crippen LogP contribution in [-0.4, -0.2) is 6.21 Å². The molecule has 0 saturated heterocycles. The summed E-state index contributed by atoms with van der Waals surface area (Å²) < 4.78 is 6.12. The van der Waals surface area contributed by atoms with E-state index < -0.39 is 0 Å². The van der Waals surface area contributed by atoms with Gasteiger partial charge in [0.05, 0.1) is 12.8 Å². The summed E-state index contributed by atoms with van der Waals surface area (Å²) in [6.45, 7) is 0.842. The van der Waals surface area contributed by atoms with Crippen molar-refractivity contribution in [1.82, 2.24) is 5.43 Å². The van der Waals surface area contributed by atoms with Crippen LogP contribution >= 0.6 is 34.8 Å². The Balaban J connectivity index is 1.48. The van der Waals surface area contributed by atoms with Gasteiger partial charge in [-0.2, -0.15) is 5.10 Å². The lowest BCUT2D eigenvalue weighted by Gasteiger charge is -2.12. The Kier molecular flexibility index (Phi) is 6.98. The summed E-state index contributed by atoms with van der Waals surface area (Å²) in [4.78, 5) is 0. The number of nitrogens with zero attached hydrogens (tertiary/aromatic N) is 1. The SMILES string of the molecule is Clc1ccc(OCc2cccc3ccccc23)c(/C=N/NCc2c(Cl)cccc2Cl)c1. The molecule has 0 aliphatic carbocycles. The third-order valence-electron chi connectivity index (χ3n) is 4.85. The molecule has 4 rings (SSSR count). The summed E-state index contributed by atoms with van der Waals surface area (Å²) in [5.41, 5.74) is 5.65. The molecule has 156 valence electrons. The molecular formula is C25H19Cl3N2O. The quantitative estimate of drug-likeness (QED) is 0.224. The molecular weight excluding hydrogens is 451 g/mol. The molecule has 0 unspecified atom stereocenters. The Hall–Kier alpha value is -2.72. The molecule has 3 nitrogen and oxygen atoms in total. The molecule has 0 amide bonds. The van der Waals surface area contributed by atoms with Crippen molar-refractivity contribution >= 4 is 51.8 Å². The van der Waals surface area contributed by atoms with Crippen LogP contribution in [0.3, 0.4) is 0 Å². The summed E-state index contributed by atoms with van der Waals surface area (Å²) in [5.74, 6) is 0.693. The molecule has 0 radical (unpaired) electrons. The van der Waals surface area contributed by atoms with Gasteiger partial charge in [-0.05, 0) is 46.7 Å². The van der Waals surface area contributed by atoms with Crippen LogP contribution in [-0.2, 0) is 13.2 Å². The number of fused-ring (bicyclic) bond motifs is 1. The van der Waals surface area contributed by atoms with Gasteiger partial charge >= 0.3 is 0 Å². The van der Waals surface area contributed by atoms with E-state index in [1.165, 1.54) is 10.8 Å². The van der Waals surface area contributed by atoms with Crippen molar-refractivity contribution in [3.8, 4) is 5.75 Å². The number of benzene rings is 4. The third kappa shape index (κ3) is 5.31. The smallest absolute Gasteiger partial charge is 0.128 e. The first-order chi connectivity index (χ1) is 15.1. The zero-order valence-electron chi connectivity index (χ0n) is 16.5. The van der Waals surface area contributed by atoms with Gasteiger partial charge in [-0.3, -0.25) is 0 Å². The maximum atomic E-state index is 6.20. The Morgan fingerprint density at radius 1 is 0.839 bits per heavy atom. The first-order valence-electron chi connectivity index (χ1n) is 9.69. The molecule has 0 fully saturated rings. The molecule has 0 aliphatic heterocycles. The van der Waals surface area contributed by atoms with Crippen molar-refractivity contribution in [3.05, 3.63) is 111 Å². The minimum Gasteiger partial charge on any atom is -0.488 e. The topological polar surface area (TPSA) is 33.6 Å². The van der Waals surface area contributed by atoms with E-state index in [0.29, 0.717) is 34.0 Å². The summed E-state index contributed by atoms with van der Waals surface area (Å²) in [6, 6.07) is 25.3. The van der Waals surface area contributed by atoms with Crippen molar-refractivity contribution in [2.75, 3.05) is 0 Å². The Morgan fingerprint density at radius 3 is 2.42 bits per heavy atom. The third-order valence-corrected chi connectivity index (χ3v) is 5.79. The maximum absolute atomic E-state index is 6.20. The minimum atomic E-state index is 0.405. The Labute approximate surface area is 196 Å². The molecule has 0 aromatic heterocycles. The molecule has 31 heavy (non-hydrogen) atoms. The monoisotopic (exact) mass is 468 g/mol. The van der Waals surface area contributed by atoms with Crippen LogP contribution < -0.4 is 10.2 Å². The number of hydrazone groups is 1. The first-order valence-corrected chi connectivity index (χ1v) is 10.8. The predicted octanol–water partition coefficient (Wildman–Crippen LogP) is 7.50. The molecule has 0 spiro atoms. The largest absolute Gasteiger partial charge is 0.488 e. The van der Waals surface area contributed by atoms with E-state index >= 15 is 0 Å². The minimum absolute atomic E-state index is 0.405. The van der Waals surface area contributed by atoms with Gasteiger partial charge in [0.1, 0.15) is 12.4 Å². The van der Waals surface area contributed by atoms with Gasteiger partial charge < -0.3 is 10.2 Å². The van der Waals surface area contributed by atoms with E-state index in [1.807, 2.05) is 36.4 Å². The molecule has 4 aromatic carbocycles. The van der Waals surface area contributed by atoms with Gasteiger partial charge in [0.15, 0.2) is 0 Å². The van der Waals surface area contributed by atoms with Crippen molar-refractivity contribution in [2.45, 2.75) is 13.2 Å². The molecule has 0 atom stereocenters. The zero-order valence-corrected chi connectivity index (χ0v) is 18.8. The number of rotatable bonds is 7. The van der Waals surface area contributed by atoms with E-state index in [0.717, 1.165) is 16.7 Å². The highest BCUT2D eigenvalue weighted by atomic mass is 35.5. The van der Waals surface area contributed by atoms with Gasteiger partial charge in [-0.25, -0.2) is 0 Å². The predicted molar refractivity (Wildman–Crippen MR) is 131 cm³/mol. The summed E-state index contributed by atoms with van der Waals surface area (Å²) in [7, 11) is 0. The fourth-order valence-corrected chi connectivity index (χ4v) is 3.98. The first kappa shape index (κ1) is 21.5. The standard InChI is InChI=1S/C25H19Cl3N2O/c26-20-11-12-25(31-16-18-7-3-6-17-5-1-2-8-21(17)18)19(13-20)14-29-30-15-22-23(27)9-4-10-24(22)28/h1-14,30H,15-16H2/b29-14+. The van der Waals surface area contributed by atoms with E-state index in [9.17, 15) is 0 Å². The molecule has 1 N–H and O–H groups in total. The Bertz CT molecular complexity index is 1220. The second-order valence-corrected chi connectivity index (χ2v) is 8.15. The lowest BCUT2D eigenvalue weighted by molar-refractivity contribution is 0.307. The van der Waals surface area contributed by atoms with E-state index in [4.69, 9.17) is 39.5 Å². The van der Waals surface area contributed by atoms with Crippen molar-refractivity contribution < 1.29 is 4.74 Å². The molecule has 0 bridgehead atoms. The highest BCUT2D eigenvalue weighted by Crippen LogP contribution is 2.26. The van der Waals surface area contributed by atoms with Crippen LogP contribution in [0, 0.1) is 0 Å².